The first-order valence-electron chi connectivity index (χ1n) is 13.8. The minimum absolute atomic E-state index is 0.0977. The maximum Gasteiger partial charge on any atom is 0.126 e. The van der Waals surface area contributed by atoms with Crippen LogP contribution in [0.2, 0.25) is 5.02 Å². The van der Waals surface area contributed by atoms with Gasteiger partial charge >= 0.3 is 0 Å². The van der Waals surface area contributed by atoms with E-state index in [2.05, 4.69) is 54.6 Å². The second kappa shape index (κ2) is 14.2. The van der Waals surface area contributed by atoms with E-state index in [9.17, 15) is 0 Å². The fourth-order valence-electron chi connectivity index (χ4n) is 4.80. The number of halogens is 1. The zero-order valence-electron chi connectivity index (χ0n) is 22.8. The molecule has 0 radical (unpaired) electrons. The molecule has 206 valence electrons. The molecule has 4 aromatic rings. The van der Waals surface area contributed by atoms with Crippen LogP contribution in [0.25, 0.3) is 0 Å². The summed E-state index contributed by atoms with van der Waals surface area (Å²) in [6.45, 7) is 4.08. The van der Waals surface area contributed by atoms with Crippen LogP contribution in [0.15, 0.2) is 115 Å². The lowest BCUT2D eigenvalue weighted by atomic mass is 9.96. The first-order valence-corrected chi connectivity index (χ1v) is 14.2. The maximum absolute atomic E-state index is 6.65. The Kier molecular flexibility index (Phi) is 9.92. The van der Waals surface area contributed by atoms with E-state index in [-0.39, 0.29) is 12.2 Å². The minimum atomic E-state index is -0.169. The molecular formula is C35H35ClO4. The molecule has 0 bridgehead atoms. The molecule has 5 heteroatoms. The van der Waals surface area contributed by atoms with E-state index >= 15 is 0 Å². The van der Waals surface area contributed by atoms with Gasteiger partial charge in [-0.1, -0.05) is 96.5 Å². The van der Waals surface area contributed by atoms with Crippen molar-refractivity contribution in [1.29, 1.82) is 0 Å². The highest BCUT2D eigenvalue weighted by molar-refractivity contribution is 6.31. The highest BCUT2D eigenvalue weighted by Gasteiger charge is 2.26. The largest absolute Gasteiger partial charge is 0.494 e. The van der Waals surface area contributed by atoms with Gasteiger partial charge in [0.25, 0.3) is 0 Å². The van der Waals surface area contributed by atoms with Gasteiger partial charge < -0.3 is 18.9 Å². The molecule has 0 spiro atoms. The average molecular weight is 555 g/mol. The predicted molar refractivity (Wildman–Crippen MR) is 160 cm³/mol. The quantitative estimate of drug-likeness (QED) is 0.176. The number of hydrogen-bond acceptors (Lipinski definition) is 4. The third kappa shape index (κ3) is 7.98. The molecule has 5 rings (SSSR count). The molecule has 40 heavy (non-hydrogen) atoms. The van der Waals surface area contributed by atoms with Gasteiger partial charge in [-0.2, -0.15) is 0 Å². The summed E-state index contributed by atoms with van der Waals surface area (Å²) < 4.78 is 24.4. The van der Waals surface area contributed by atoms with Crippen molar-refractivity contribution < 1.29 is 18.9 Å². The fraction of sp³-hybridized carbons (Fsp3) is 0.257. The number of ether oxygens (including phenoxy) is 4. The first-order chi connectivity index (χ1) is 19.7. The highest BCUT2D eigenvalue weighted by Crippen LogP contribution is 2.34. The number of rotatable bonds is 12. The summed E-state index contributed by atoms with van der Waals surface area (Å²) in [4.78, 5) is 0. The van der Waals surface area contributed by atoms with Crippen molar-refractivity contribution in [2.75, 3.05) is 13.2 Å². The molecule has 0 aliphatic carbocycles. The standard InChI is InChI=1S/C35H35ClO4/c1-2-38-31-16-13-26(14-17-31)19-30-20-29(15-18-34(30)36)35-22-32(39-24-28-11-7-4-8-12-28)21-33(40-35)25-37-23-27-9-5-3-6-10-27/h3-18,20-21,32,35H,2,19,22-25H2,1H3. The summed E-state index contributed by atoms with van der Waals surface area (Å²) >= 11 is 6.65. The molecule has 0 fully saturated rings. The smallest absolute Gasteiger partial charge is 0.126 e. The van der Waals surface area contributed by atoms with Gasteiger partial charge in [0.15, 0.2) is 0 Å². The monoisotopic (exact) mass is 554 g/mol. The van der Waals surface area contributed by atoms with Crippen LogP contribution in [0.4, 0.5) is 0 Å². The Morgan fingerprint density at radius 1 is 0.775 bits per heavy atom. The van der Waals surface area contributed by atoms with Crippen molar-refractivity contribution in [2.45, 2.75) is 45.2 Å². The molecule has 0 aromatic heterocycles. The van der Waals surface area contributed by atoms with Gasteiger partial charge in [-0.25, -0.2) is 0 Å². The van der Waals surface area contributed by atoms with Crippen LogP contribution in [0.3, 0.4) is 0 Å². The fourth-order valence-corrected chi connectivity index (χ4v) is 4.98. The van der Waals surface area contributed by atoms with Crippen LogP contribution < -0.4 is 4.74 Å². The molecule has 0 amide bonds. The summed E-state index contributed by atoms with van der Waals surface area (Å²) in [7, 11) is 0. The molecule has 2 atom stereocenters. The summed E-state index contributed by atoms with van der Waals surface area (Å²) in [5, 5.41) is 0.743. The third-order valence-corrected chi connectivity index (χ3v) is 7.21. The third-order valence-electron chi connectivity index (χ3n) is 6.85. The zero-order valence-corrected chi connectivity index (χ0v) is 23.6. The SMILES string of the molecule is CCOc1ccc(Cc2cc(C3CC(OCc4ccccc4)C=C(COCc4ccccc4)O3)ccc2Cl)cc1. The molecule has 0 saturated carbocycles. The summed E-state index contributed by atoms with van der Waals surface area (Å²) in [5.41, 5.74) is 5.58. The van der Waals surface area contributed by atoms with E-state index in [0.717, 1.165) is 45.2 Å². The second-order valence-electron chi connectivity index (χ2n) is 9.89. The van der Waals surface area contributed by atoms with Crippen LogP contribution >= 0.6 is 11.6 Å². The van der Waals surface area contributed by atoms with E-state index in [0.29, 0.717) is 32.8 Å². The van der Waals surface area contributed by atoms with Crippen molar-refractivity contribution >= 4 is 11.6 Å². The maximum atomic E-state index is 6.65. The van der Waals surface area contributed by atoms with Crippen LogP contribution in [0.5, 0.6) is 5.75 Å². The van der Waals surface area contributed by atoms with Crippen LogP contribution in [-0.2, 0) is 33.8 Å². The van der Waals surface area contributed by atoms with Crippen molar-refractivity contribution in [3.63, 3.8) is 0 Å². The van der Waals surface area contributed by atoms with Gasteiger partial charge in [0.05, 0.1) is 25.9 Å². The number of benzene rings is 4. The van der Waals surface area contributed by atoms with Gasteiger partial charge in [-0.15, -0.1) is 0 Å². The zero-order chi connectivity index (χ0) is 27.6. The summed E-state index contributed by atoms with van der Waals surface area (Å²) in [5.74, 6) is 1.66. The molecule has 1 aliphatic heterocycles. The molecule has 0 N–H and O–H groups in total. The first kappa shape index (κ1) is 28.0. The lowest BCUT2D eigenvalue weighted by Crippen LogP contribution is -2.24. The number of hydrogen-bond donors (Lipinski definition) is 0. The minimum Gasteiger partial charge on any atom is -0.494 e. The lowest BCUT2D eigenvalue weighted by molar-refractivity contribution is -0.0207. The lowest BCUT2D eigenvalue weighted by Gasteiger charge is -2.30. The molecule has 1 aliphatic rings. The Morgan fingerprint density at radius 3 is 2.17 bits per heavy atom. The van der Waals surface area contributed by atoms with Gasteiger partial charge in [0.2, 0.25) is 0 Å². The van der Waals surface area contributed by atoms with E-state index < -0.39 is 0 Å². The highest BCUT2D eigenvalue weighted by atomic mass is 35.5. The van der Waals surface area contributed by atoms with Crippen molar-refractivity contribution in [2.24, 2.45) is 0 Å². The Bertz CT molecular complexity index is 1370. The van der Waals surface area contributed by atoms with Crippen LogP contribution in [0, 0.1) is 0 Å². The van der Waals surface area contributed by atoms with Crippen LogP contribution in [-0.4, -0.2) is 19.3 Å². The summed E-state index contributed by atoms with van der Waals surface area (Å²) in [6.07, 6.45) is 3.22. The molecular weight excluding hydrogens is 520 g/mol. The molecule has 2 unspecified atom stereocenters. The van der Waals surface area contributed by atoms with Gasteiger partial charge in [-0.05, 0) is 65.4 Å². The Labute approximate surface area is 242 Å². The van der Waals surface area contributed by atoms with Crippen molar-refractivity contribution in [3.05, 3.63) is 148 Å². The van der Waals surface area contributed by atoms with Crippen molar-refractivity contribution in [1.82, 2.24) is 0 Å². The van der Waals surface area contributed by atoms with E-state index in [1.807, 2.05) is 61.5 Å². The van der Waals surface area contributed by atoms with Crippen LogP contribution in [0.1, 0.15) is 47.3 Å². The molecule has 4 aromatic carbocycles. The molecule has 0 saturated heterocycles. The van der Waals surface area contributed by atoms with Gasteiger partial charge in [0.1, 0.15) is 24.2 Å². The normalized spacial score (nSPS) is 16.7. The average Bonchev–Trinajstić information content (AvgIpc) is 2.99. The van der Waals surface area contributed by atoms with E-state index in [1.165, 1.54) is 5.56 Å². The molecule has 1 heterocycles. The Morgan fingerprint density at radius 2 is 1.48 bits per heavy atom. The molecule has 4 nitrogen and oxygen atoms in total. The Balaban J connectivity index is 1.30. The predicted octanol–water partition coefficient (Wildman–Crippen LogP) is 8.48. The van der Waals surface area contributed by atoms with E-state index in [4.69, 9.17) is 30.5 Å². The Hall–Kier alpha value is -3.57. The second-order valence-corrected chi connectivity index (χ2v) is 10.3. The van der Waals surface area contributed by atoms with Crippen molar-refractivity contribution in [3.8, 4) is 5.75 Å². The van der Waals surface area contributed by atoms with Gasteiger partial charge in [0, 0.05) is 11.4 Å². The van der Waals surface area contributed by atoms with Gasteiger partial charge in [-0.3, -0.25) is 0 Å². The topological polar surface area (TPSA) is 36.9 Å². The summed E-state index contributed by atoms with van der Waals surface area (Å²) in [6, 6.07) is 34.8. The van der Waals surface area contributed by atoms with E-state index in [1.54, 1.807) is 0 Å².